The number of amides is 2. The normalized spacial score (nSPS) is 15.2. The number of nitrogens with zero attached hydrogens (tertiary/aromatic N) is 2. The van der Waals surface area contributed by atoms with Crippen LogP contribution in [0.1, 0.15) is 22.0 Å². The van der Waals surface area contributed by atoms with Crippen molar-refractivity contribution in [3.05, 3.63) is 70.7 Å². The van der Waals surface area contributed by atoms with E-state index in [1.54, 1.807) is 34.1 Å². The second kappa shape index (κ2) is 9.03. The standard InChI is InChI=1S/C19H20ClN3O2.ClH/c20-16-8-4-7-15(13-16)18(24)22-9-11-23(12-10-22)19(25)17(21)14-5-2-1-3-6-14;/h1-8,13,17H,9-12,21H2;1H. The summed E-state index contributed by atoms with van der Waals surface area (Å²) in [7, 11) is 0. The zero-order valence-electron chi connectivity index (χ0n) is 14.2. The van der Waals surface area contributed by atoms with Crippen LogP contribution in [0.2, 0.25) is 5.02 Å². The Balaban J connectivity index is 0.00000243. The van der Waals surface area contributed by atoms with Gasteiger partial charge in [-0.15, -0.1) is 12.4 Å². The van der Waals surface area contributed by atoms with Gasteiger partial charge in [0.1, 0.15) is 6.04 Å². The second-order valence-electron chi connectivity index (χ2n) is 6.02. The molecular weight excluding hydrogens is 373 g/mol. The molecule has 1 aliphatic rings. The van der Waals surface area contributed by atoms with Crippen LogP contribution >= 0.6 is 24.0 Å². The van der Waals surface area contributed by atoms with Crippen LogP contribution in [0.3, 0.4) is 0 Å². The maximum Gasteiger partial charge on any atom is 0.254 e. The minimum atomic E-state index is -0.670. The van der Waals surface area contributed by atoms with Crippen LogP contribution in [0.4, 0.5) is 0 Å². The van der Waals surface area contributed by atoms with Crippen LogP contribution in [-0.2, 0) is 4.79 Å². The lowest BCUT2D eigenvalue weighted by atomic mass is 10.1. The van der Waals surface area contributed by atoms with Crippen molar-refractivity contribution in [2.24, 2.45) is 5.73 Å². The van der Waals surface area contributed by atoms with E-state index in [1.807, 2.05) is 30.3 Å². The van der Waals surface area contributed by atoms with Crippen LogP contribution in [-0.4, -0.2) is 47.8 Å². The molecule has 0 aromatic heterocycles. The molecule has 1 atom stereocenters. The lowest BCUT2D eigenvalue weighted by Gasteiger charge is -2.36. The molecular formula is C19H21Cl2N3O2. The van der Waals surface area contributed by atoms with Gasteiger partial charge in [0, 0.05) is 36.8 Å². The van der Waals surface area contributed by atoms with E-state index in [2.05, 4.69) is 0 Å². The first-order chi connectivity index (χ1) is 12.1. The Kier molecular flexibility index (Phi) is 7.03. The number of piperazine rings is 1. The van der Waals surface area contributed by atoms with Gasteiger partial charge in [-0.1, -0.05) is 48.0 Å². The molecule has 5 nitrogen and oxygen atoms in total. The Labute approximate surface area is 164 Å². The summed E-state index contributed by atoms with van der Waals surface area (Å²) in [5.74, 6) is -0.178. The molecule has 1 saturated heterocycles. The molecule has 1 unspecified atom stereocenters. The van der Waals surface area contributed by atoms with E-state index in [-0.39, 0.29) is 24.2 Å². The SMILES string of the molecule is Cl.NC(C(=O)N1CCN(C(=O)c2cccc(Cl)c2)CC1)c1ccccc1. The molecule has 0 radical (unpaired) electrons. The number of nitrogens with two attached hydrogens (primary N) is 1. The van der Waals surface area contributed by atoms with E-state index in [4.69, 9.17) is 17.3 Å². The smallest absolute Gasteiger partial charge is 0.254 e. The molecule has 1 heterocycles. The molecule has 26 heavy (non-hydrogen) atoms. The molecule has 0 spiro atoms. The van der Waals surface area contributed by atoms with Crippen LogP contribution < -0.4 is 5.73 Å². The molecule has 0 saturated carbocycles. The van der Waals surface area contributed by atoms with Gasteiger partial charge in [0.05, 0.1) is 0 Å². The third kappa shape index (κ3) is 4.55. The van der Waals surface area contributed by atoms with Crippen molar-refractivity contribution >= 4 is 35.8 Å². The van der Waals surface area contributed by atoms with E-state index in [0.717, 1.165) is 5.56 Å². The maximum atomic E-state index is 12.6. The fourth-order valence-electron chi connectivity index (χ4n) is 2.93. The number of halogens is 2. The number of hydrogen-bond acceptors (Lipinski definition) is 3. The fourth-order valence-corrected chi connectivity index (χ4v) is 3.12. The number of carbonyl (C=O) groups is 2. The van der Waals surface area contributed by atoms with Crippen LogP contribution in [0.15, 0.2) is 54.6 Å². The van der Waals surface area contributed by atoms with Gasteiger partial charge in [-0.2, -0.15) is 0 Å². The monoisotopic (exact) mass is 393 g/mol. The Morgan fingerprint density at radius 1 is 0.923 bits per heavy atom. The number of rotatable bonds is 3. The summed E-state index contributed by atoms with van der Waals surface area (Å²) >= 11 is 5.95. The summed E-state index contributed by atoms with van der Waals surface area (Å²) in [6.45, 7) is 1.93. The molecule has 1 aliphatic heterocycles. The Bertz CT molecular complexity index is 762. The summed E-state index contributed by atoms with van der Waals surface area (Å²) < 4.78 is 0. The topological polar surface area (TPSA) is 66.6 Å². The second-order valence-corrected chi connectivity index (χ2v) is 6.45. The van der Waals surface area contributed by atoms with E-state index in [9.17, 15) is 9.59 Å². The molecule has 1 fully saturated rings. The average Bonchev–Trinajstić information content (AvgIpc) is 2.67. The molecule has 0 aliphatic carbocycles. The highest BCUT2D eigenvalue weighted by atomic mass is 35.5. The van der Waals surface area contributed by atoms with Crippen molar-refractivity contribution in [2.45, 2.75) is 6.04 Å². The van der Waals surface area contributed by atoms with E-state index in [0.29, 0.717) is 36.8 Å². The van der Waals surface area contributed by atoms with Crippen LogP contribution in [0, 0.1) is 0 Å². The van der Waals surface area contributed by atoms with Gasteiger partial charge in [0.2, 0.25) is 5.91 Å². The summed E-state index contributed by atoms with van der Waals surface area (Å²) in [4.78, 5) is 28.6. The van der Waals surface area contributed by atoms with Gasteiger partial charge in [-0.3, -0.25) is 9.59 Å². The highest BCUT2D eigenvalue weighted by molar-refractivity contribution is 6.30. The minimum Gasteiger partial charge on any atom is -0.337 e. The molecule has 2 aromatic rings. The van der Waals surface area contributed by atoms with Crippen molar-refractivity contribution in [3.63, 3.8) is 0 Å². The molecule has 2 aromatic carbocycles. The average molecular weight is 394 g/mol. The highest BCUT2D eigenvalue weighted by Crippen LogP contribution is 2.17. The summed E-state index contributed by atoms with van der Waals surface area (Å²) in [5, 5.41) is 0.536. The molecule has 138 valence electrons. The van der Waals surface area contributed by atoms with Crippen molar-refractivity contribution in [3.8, 4) is 0 Å². The van der Waals surface area contributed by atoms with Gasteiger partial charge >= 0.3 is 0 Å². The third-order valence-corrected chi connectivity index (χ3v) is 4.61. The summed E-state index contributed by atoms with van der Waals surface area (Å²) in [6, 6.07) is 15.5. The van der Waals surface area contributed by atoms with Gasteiger partial charge in [0.15, 0.2) is 0 Å². The zero-order valence-corrected chi connectivity index (χ0v) is 15.7. The van der Waals surface area contributed by atoms with Crippen molar-refractivity contribution < 1.29 is 9.59 Å². The lowest BCUT2D eigenvalue weighted by Crippen LogP contribution is -2.52. The summed E-state index contributed by atoms with van der Waals surface area (Å²) in [6.07, 6.45) is 0. The Morgan fingerprint density at radius 3 is 2.15 bits per heavy atom. The largest absolute Gasteiger partial charge is 0.337 e. The van der Waals surface area contributed by atoms with Crippen molar-refractivity contribution in [2.75, 3.05) is 26.2 Å². The lowest BCUT2D eigenvalue weighted by molar-refractivity contribution is -0.134. The van der Waals surface area contributed by atoms with E-state index < -0.39 is 6.04 Å². The van der Waals surface area contributed by atoms with Crippen LogP contribution in [0.5, 0.6) is 0 Å². The van der Waals surface area contributed by atoms with Crippen LogP contribution in [0.25, 0.3) is 0 Å². The highest BCUT2D eigenvalue weighted by Gasteiger charge is 2.28. The first kappa shape index (κ1) is 20.2. The molecule has 2 amide bonds. The van der Waals surface area contributed by atoms with E-state index in [1.165, 1.54) is 0 Å². The molecule has 0 bridgehead atoms. The first-order valence-electron chi connectivity index (χ1n) is 8.20. The fraction of sp³-hybridized carbons (Fsp3) is 0.263. The number of benzene rings is 2. The minimum absolute atomic E-state index is 0. The molecule has 3 rings (SSSR count). The predicted molar refractivity (Wildman–Crippen MR) is 105 cm³/mol. The Hall–Kier alpha value is -2.08. The number of hydrogen-bond donors (Lipinski definition) is 1. The van der Waals surface area contributed by atoms with Crippen molar-refractivity contribution in [1.82, 2.24) is 9.80 Å². The first-order valence-corrected chi connectivity index (χ1v) is 8.58. The number of carbonyl (C=O) groups excluding carboxylic acids is 2. The van der Waals surface area contributed by atoms with Gasteiger partial charge < -0.3 is 15.5 Å². The maximum absolute atomic E-state index is 12.6. The van der Waals surface area contributed by atoms with Crippen molar-refractivity contribution in [1.29, 1.82) is 0 Å². The zero-order chi connectivity index (χ0) is 17.8. The third-order valence-electron chi connectivity index (χ3n) is 4.37. The van der Waals surface area contributed by atoms with Gasteiger partial charge in [-0.25, -0.2) is 0 Å². The predicted octanol–water partition coefficient (Wildman–Crippen LogP) is 2.75. The quantitative estimate of drug-likeness (QED) is 0.871. The Morgan fingerprint density at radius 2 is 1.54 bits per heavy atom. The summed E-state index contributed by atoms with van der Waals surface area (Å²) in [5.41, 5.74) is 7.44. The molecule has 7 heteroatoms. The van der Waals surface area contributed by atoms with E-state index >= 15 is 0 Å². The van der Waals surface area contributed by atoms with Gasteiger partial charge in [0.25, 0.3) is 5.91 Å². The van der Waals surface area contributed by atoms with Gasteiger partial charge in [-0.05, 0) is 23.8 Å². The molecule has 2 N–H and O–H groups in total.